The van der Waals surface area contributed by atoms with Crippen LogP contribution in [-0.4, -0.2) is 49.7 Å². The predicted octanol–water partition coefficient (Wildman–Crippen LogP) is 3.93. The summed E-state index contributed by atoms with van der Waals surface area (Å²) in [6.07, 6.45) is 0. The number of carbonyl (C=O) groups is 1. The van der Waals surface area contributed by atoms with Crippen LogP contribution < -0.4 is 9.47 Å². The smallest absolute Gasteiger partial charge is 0.254 e. The molecule has 0 saturated heterocycles. The summed E-state index contributed by atoms with van der Waals surface area (Å²) in [7, 11) is 3.95. The fourth-order valence-electron chi connectivity index (χ4n) is 2.66. The molecule has 1 aliphatic heterocycles. The van der Waals surface area contributed by atoms with E-state index in [2.05, 4.69) is 0 Å². The number of rotatable bonds is 6. The van der Waals surface area contributed by atoms with Crippen LogP contribution in [-0.2, 0) is 6.54 Å². The molecule has 0 bridgehead atoms. The number of halogens is 2. The number of ether oxygens (including phenoxy) is 2. The van der Waals surface area contributed by atoms with Gasteiger partial charge >= 0.3 is 0 Å². The van der Waals surface area contributed by atoms with E-state index in [9.17, 15) is 4.79 Å². The van der Waals surface area contributed by atoms with Gasteiger partial charge < -0.3 is 19.3 Å². The molecule has 5 nitrogen and oxygen atoms in total. The van der Waals surface area contributed by atoms with Gasteiger partial charge in [-0.1, -0.05) is 35.3 Å². The average Bonchev–Trinajstić information content (AvgIpc) is 3.08. The number of amides is 1. The molecule has 0 radical (unpaired) electrons. The SMILES string of the molecule is CN(C)CCN(Cc1ccc(Cl)cc1)C(=O)c1cc(Cl)c2c(c1)OCO2. The lowest BCUT2D eigenvalue weighted by molar-refractivity contribution is 0.0731. The van der Waals surface area contributed by atoms with Crippen molar-refractivity contribution in [2.75, 3.05) is 34.0 Å². The fraction of sp³-hybridized carbons (Fsp3) is 0.316. The Morgan fingerprint density at radius 1 is 1.08 bits per heavy atom. The third-order valence-electron chi connectivity index (χ3n) is 4.07. The van der Waals surface area contributed by atoms with Crippen molar-refractivity contribution in [3.63, 3.8) is 0 Å². The molecule has 3 rings (SSSR count). The van der Waals surface area contributed by atoms with Gasteiger partial charge in [0.1, 0.15) is 0 Å². The van der Waals surface area contributed by atoms with E-state index < -0.39 is 0 Å². The van der Waals surface area contributed by atoms with Crippen molar-refractivity contribution in [3.05, 3.63) is 57.6 Å². The van der Waals surface area contributed by atoms with E-state index in [1.54, 1.807) is 17.0 Å². The Hall–Kier alpha value is -1.95. The first-order valence-corrected chi connectivity index (χ1v) is 8.97. The third-order valence-corrected chi connectivity index (χ3v) is 4.60. The Balaban J connectivity index is 1.84. The molecule has 0 atom stereocenters. The predicted molar refractivity (Wildman–Crippen MR) is 102 cm³/mol. The van der Waals surface area contributed by atoms with Crippen LogP contribution in [0.25, 0.3) is 0 Å². The average molecular weight is 395 g/mol. The summed E-state index contributed by atoms with van der Waals surface area (Å²) < 4.78 is 10.7. The van der Waals surface area contributed by atoms with Gasteiger partial charge in [0.25, 0.3) is 5.91 Å². The second-order valence-electron chi connectivity index (χ2n) is 6.35. The van der Waals surface area contributed by atoms with Crippen molar-refractivity contribution in [1.29, 1.82) is 0 Å². The minimum absolute atomic E-state index is 0.109. The number of nitrogens with zero attached hydrogens (tertiary/aromatic N) is 2. The highest BCUT2D eigenvalue weighted by molar-refractivity contribution is 6.32. The molecule has 1 aliphatic rings. The van der Waals surface area contributed by atoms with Crippen LogP contribution in [0.5, 0.6) is 11.5 Å². The quantitative estimate of drug-likeness (QED) is 0.744. The van der Waals surface area contributed by atoms with Gasteiger partial charge in [-0.2, -0.15) is 0 Å². The van der Waals surface area contributed by atoms with E-state index >= 15 is 0 Å². The zero-order valence-electron chi connectivity index (χ0n) is 14.7. The molecule has 0 unspecified atom stereocenters. The monoisotopic (exact) mass is 394 g/mol. The Morgan fingerprint density at radius 2 is 1.81 bits per heavy atom. The van der Waals surface area contributed by atoms with Crippen molar-refractivity contribution in [2.24, 2.45) is 0 Å². The largest absolute Gasteiger partial charge is 0.454 e. The normalized spacial score (nSPS) is 12.5. The molecule has 7 heteroatoms. The van der Waals surface area contributed by atoms with Gasteiger partial charge in [-0.3, -0.25) is 4.79 Å². The Kier molecular flexibility index (Phi) is 5.91. The summed E-state index contributed by atoms with van der Waals surface area (Å²) in [5, 5.41) is 1.05. The maximum absolute atomic E-state index is 13.1. The molecule has 0 saturated carbocycles. The minimum Gasteiger partial charge on any atom is -0.454 e. The van der Waals surface area contributed by atoms with E-state index in [4.69, 9.17) is 32.7 Å². The summed E-state index contributed by atoms with van der Waals surface area (Å²) in [6.45, 7) is 1.93. The van der Waals surface area contributed by atoms with Gasteiger partial charge in [0.05, 0.1) is 5.02 Å². The fourth-order valence-corrected chi connectivity index (χ4v) is 3.05. The van der Waals surface area contributed by atoms with Crippen LogP contribution in [0.1, 0.15) is 15.9 Å². The first-order chi connectivity index (χ1) is 12.4. The Bertz CT molecular complexity index is 794. The van der Waals surface area contributed by atoms with Crippen LogP contribution in [0, 0.1) is 0 Å². The summed E-state index contributed by atoms with van der Waals surface area (Å²) >= 11 is 12.2. The second-order valence-corrected chi connectivity index (χ2v) is 7.19. The van der Waals surface area contributed by atoms with Crippen LogP contribution >= 0.6 is 23.2 Å². The van der Waals surface area contributed by atoms with Crippen LogP contribution in [0.3, 0.4) is 0 Å². The molecule has 1 amide bonds. The van der Waals surface area contributed by atoms with Gasteiger partial charge in [0.2, 0.25) is 6.79 Å². The number of fused-ring (bicyclic) bond motifs is 1. The lowest BCUT2D eigenvalue weighted by atomic mass is 10.1. The number of benzene rings is 2. The first-order valence-electron chi connectivity index (χ1n) is 8.21. The molecule has 1 heterocycles. The molecular formula is C19H20Cl2N2O3. The summed E-state index contributed by atoms with van der Waals surface area (Å²) in [6, 6.07) is 10.8. The molecule has 0 aromatic heterocycles. The van der Waals surface area contributed by atoms with E-state index in [1.807, 2.05) is 43.3 Å². The van der Waals surface area contributed by atoms with Crippen LogP contribution in [0.2, 0.25) is 10.0 Å². The summed E-state index contributed by atoms with van der Waals surface area (Å²) in [4.78, 5) is 16.9. The lowest BCUT2D eigenvalue weighted by Gasteiger charge is -2.25. The molecule has 0 N–H and O–H groups in total. The highest BCUT2D eigenvalue weighted by Gasteiger charge is 2.23. The molecule has 0 spiro atoms. The van der Waals surface area contributed by atoms with Crippen molar-refractivity contribution in [2.45, 2.75) is 6.54 Å². The molecule has 26 heavy (non-hydrogen) atoms. The van der Waals surface area contributed by atoms with Gasteiger partial charge in [0.15, 0.2) is 11.5 Å². The molecule has 2 aromatic carbocycles. The van der Waals surface area contributed by atoms with Crippen molar-refractivity contribution in [1.82, 2.24) is 9.80 Å². The standard InChI is InChI=1S/C19H20Cl2N2O3/c1-22(2)7-8-23(11-13-3-5-15(20)6-4-13)19(24)14-9-16(21)18-17(10-14)25-12-26-18/h3-6,9-10H,7-8,11-12H2,1-2H3. The Labute approximate surface area is 163 Å². The van der Waals surface area contributed by atoms with Crippen molar-refractivity contribution >= 4 is 29.1 Å². The second kappa shape index (κ2) is 8.16. The molecule has 138 valence electrons. The molecule has 2 aromatic rings. The molecule has 0 aliphatic carbocycles. The van der Waals surface area contributed by atoms with Gasteiger partial charge in [-0.15, -0.1) is 0 Å². The van der Waals surface area contributed by atoms with Crippen molar-refractivity contribution in [3.8, 4) is 11.5 Å². The van der Waals surface area contributed by atoms with Gasteiger partial charge in [-0.05, 0) is 43.9 Å². The van der Waals surface area contributed by atoms with E-state index in [0.717, 1.165) is 12.1 Å². The lowest BCUT2D eigenvalue weighted by Crippen LogP contribution is -2.36. The van der Waals surface area contributed by atoms with Crippen molar-refractivity contribution < 1.29 is 14.3 Å². The van der Waals surface area contributed by atoms with Crippen LogP contribution in [0.15, 0.2) is 36.4 Å². The third kappa shape index (κ3) is 4.41. The number of carbonyl (C=O) groups excluding carboxylic acids is 1. The zero-order valence-corrected chi connectivity index (χ0v) is 16.2. The number of likely N-dealkylation sites (N-methyl/N-ethyl adjacent to an activating group) is 1. The summed E-state index contributed by atoms with van der Waals surface area (Å²) in [5.74, 6) is 0.877. The molecule has 0 fully saturated rings. The van der Waals surface area contributed by atoms with Gasteiger partial charge in [-0.25, -0.2) is 0 Å². The number of hydrogen-bond donors (Lipinski definition) is 0. The van der Waals surface area contributed by atoms with E-state index in [-0.39, 0.29) is 12.7 Å². The summed E-state index contributed by atoms with van der Waals surface area (Å²) in [5.41, 5.74) is 1.49. The van der Waals surface area contributed by atoms with E-state index in [1.165, 1.54) is 0 Å². The van der Waals surface area contributed by atoms with Gasteiger partial charge in [0, 0.05) is 30.2 Å². The minimum atomic E-state index is -0.109. The maximum Gasteiger partial charge on any atom is 0.254 e. The topological polar surface area (TPSA) is 42.0 Å². The van der Waals surface area contributed by atoms with E-state index in [0.29, 0.717) is 40.2 Å². The molecular weight excluding hydrogens is 375 g/mol. The highest BCUT2D eigenvalue weighted by atomic mass is 35.5. The van der Waals surface area contributed by atoms with Crippen LogP contribution in [0.4, 0.5) is 0 Å². The highest BCUT2D eigenvalue weighted by Crippen LogP contribution is 2.40. The maximum atomic E-state index is 13.1. The number of hydrogen-bond acceptors (Lipinski definition) is 4. The Morgan fingerprint density at radius 3 is 2.50 bits per heavy atom. The zero-order chi connectivity index (χ0) is 18.7. The first kappa shape index (κ1) is 18.8.